The van der Waals surface area contributed by atoms with Gasteiger partial charge in [0.25, 0.3) is 0 Å². The van der Waals surface area contributed by atoms with Crippen molar-refractivity contribution in [1.29, 1.82) is 0 Å². The van der Waals surface area contributed by atoms with Gasteiger partial charge in [-0.05, 0) is 38.1 Å². The van der Waals surface area contributed by atoms with Crippen LogP contribution in [0, 0.1) is 6.92 Å². The Labute approximate surface area is 118 Å². The predicted molar refractivity (Wildman–Crippen MR) is 78.9 cm³/mol. The van der Waals surface area contributed by atoms with Crippen molar-refractivity contribution in [3.8, 4) is 5.75 Å². The fourth-order valence-corrected chi connectivity index (χ4v) is 2.99. The summed E-state index contributed by atoms with van der Waals surface area (Å²) in [5.74, 6) is 0.729. The Morgan fingerprint density at radius 2 is 1.79 bits per heavy atom. The summed E-state index contributed by atoms with van der Waals surface area (Å²) in [4.78, 5) is 2.18. The zero-order valence-electron chi connectivity index (χ0n) is 11.4. The summed E-state index contributed by atoms with van der Waals surface area (Å²) in [6.45, 7) is 3.83. The van der Waals surface area contributed by atoms with Crippen LogP contribution in [0.4, 0.5) is 0 Å². The standard InChI is InChI=1S/C16H18O2S/c1-11-7-9-13(10-8-11)19-15-6-4-5-14(18-3)16(15)12(2)17/h4-10,12,17H,1-3H3. The van der Waals surface area contributed by atoms with Gasteiger partial charge >= 0.3 is 0 Å². The molecule has 0 aliphatic rings. The van der Waals surface area contributed by atoms with E-state index >= 15 is 0 Å². The molecule has 0 saturated carbocycles. The third-order valence-electron chi connectivity index (χ3n) is 2.91. The summed E-state index contributed by atoms with van der Waals surface area (Å²) in [6.07, 6.45) is -0.552. The molecule has 2 nitrogen and oxygen atoms in total. The molecule has 0 amide bonds. The molecule has 1 atom stereocenters. The molecule has 0 heterocycles. The molecule has 0 spiro atoms. The quantitative estimate of drug-likeness (QED) is 0.905. The van der Waals surface area contributed by atoms with E-state index in [4.69, 9.17) is 4.74 Å². The summed E-state index contributed by atoms with van der Waals surface area (Å²) >= 11 is 1.64. The highest BCUT2D eigenvalue weighted by atomic mass is 32.2. The Kier molecular flexibility index (Phi) is 4.51. The van der Waals surface area contributed by atoms with Crippen LogP contribution < -0.4 is 4.74 Å². The van der Waals surface area contributed by atoms with Crippen molar-refractivity contribution >= 4 is 11.8 Å². The van der Waals surface area contributed by atoms with Gasteiger partial charge in [0, 0.05) is 15.4 Å². The van der Waals surface area contributed by atoms with Crippen LogP contribution in [0.1, 0.15) is 24.2 Å². The van der Waals surface area contributed by atoms with Crippen molar-refractivity contribution in [1.82, 2.24) is 0 Å². The molecule has 100 valence electrons. The van der Waals surface area contributed by atoms with Gasteiger partial charge in [-0.25, -0.2) is 0 Å². The lowest BCUT2D eigenvalue weighted by atomic mass is 10.1. The highest BCUT2D eigenvalue weighted by molar-refractivity contribution is 7.99. The molecule has 0 saturated heterocycles. The van der Waals surface area contributed by atoms with Gasteiger partial charge in [0.1, 0.15) is 5.75 Å². The topological polar surface area (TPSA) is 29.5 Å². The van der Waals surface area contributed by atoms with Crippen LogP contribution in [0.5, 0.6) is 5.75 Å². The molecule has 0 fully saturated rings. The summed E-state index contributed by atoms with van der Waals surface area (Å²) in [5.41, 5.74) is 2.08. The minimum Gasteiger partial charge on any atom is -0.496 e. The van der Waals surface area contributed by atoms with E-state index in [1.54, 1.807) is 25.8 Å². The number of aryl methyl sites for hydroxylation is 1. The normalized spacial score (nSPS) is 12.2. The molecular formula is C16H18O2S. The molecule has 19 heavy (non-hydrogen) atoms. The van der Waals surface area contributed by atoms with Gasteiger partial charge in [0.15, 0.2) is 0 Å². The van der Waals surface area contributed by atoms with Crippen molar-refractivity contribution in [3.05, 3.63) is 53.6 Å². The summed E-state index contributed by atoms with van der Waals surface area (Å²) in [5, 5.41) is 9.95. The number of aliphatic hydroxyl groups excluding tert-OH is 1. The lowest BCUT2D eigenvalue weighted by Crippen LogP contribution is -1.98. The molecule has 0 radical (unpaired) electrons. The Hall–Kier alpha value is -1.45. The molecular weight excluding hydrogens is 256 g/mol. The molecule has 1 unspecified atom stereocenters. The maximum Gasteiger partial charge on any atom is 0.125 e. The van der Waals surface area contributed by atoms with Crippen LogP contribution in [0.2, 0.25) is 0 Å². The fourth-order valence-electron chi connectivity index (χ4n) is 1.94. The molecule has 2 aromatic rings. The van der Waals surface area contributed by atoms with Gasteiger partial charge in [-0.3, -0.25) is 0 Å². The molecule has 0 aliphatic heterocycles. The van der Waals surface area contributed by atoms with Crippen LogP contribution in [-0.2, 0) is 0 Å². The minimum absolute atomic E-state index is 0.552. The Balaban J connectivity index is 2.36. The number of hydrogen-bond donors (Lipinski definition) is 1. The average molecular weight is 274 g/mol. The molecule has 2 aromatic carbocycles. The van der Waals surface area contributed by atoms with E-state index in [2.05, 4.69) is 31.2 Å². The SMILES string of the molecule is COc1cccc(Sc2ccc(C)cc2)c1C(C)O. The molecule has 0 bridgehead atoms. The van der Waals surface area contributed by atoms with E-state index in [0.29, 0.717) is 0 Å². The number of ether oxygens (including phenoxy) is 1. The Morgan fingerprint density at radius 3 is 2.37 bits per heavy atom. The second-order valence-electron chi connectivity index (χ2n) is 4.46. The zero-order chi connectivity index (χ0) is 13.8. The average Bonchev–Trinajstić information content (AvgIpc) is 2.40. The van der Waals surface area contributed by atoms with Gasteiger partial charge in [0.2, 0.25) is 0 Å². The van der Waals surface area contributed by atoms with Crippen LogP contribution in [-0.4, -0.2) is 12.2 Å². The number of aliphatic hydroxyl groups is 1. The minimum atomic E-state index is -0.552. The first-order valence-corrected chi connectivity index (χ1v) is 7.03. The second-order valence-corrected chi connectivity index (χ2v) is 5.58. The number of benzene rings is 2. The van der Waals surface area contributed by atoms with Gasteiger partial charge in [-0.2, -0.15) is 0 Å². The highest BCUT2D eigenvalue weighted by Gasteiger charge is 2.14. The monoisotopic (exact) mass is 274 g/mol. The predicted octanol–water partition coefficient (Wildman–Crippen LogP) is 4.21. The van der Waals surface area contributed by atoms with Crippen molar-refractivity contribution < 1.29 is 9.84 Å². The van der Waals surface area contributed by atoms with E-state index in [0.717, 1.165) is 21.1 Å². The van der Waals surface area contributed by atoms with Gasteiger partial charge < -0.3 is 9.84 Å². The highest BCUT2D eigenvalue weighted by Crippen LogP contribution is 2.38. The smallest absolute Gasteiger partial charge is 0.125 e. The molecule has 1 N–H and O–H groups in total. The fraction of sp³-hybridized carbons (Fsp3) is 0.250. The summed E-state index contributed by atoms with van der Waals surface area (Å²) in [7, 11) is 1.63. The van der Waals surface area contributed by atoms with E-state index in [-0.39, 0.29) is 0 Å². The number of hydrogen-bond acceptors (Lipinski definition) is 3. The summed E-state index contributed by atoms with van der Waals surface area (Å²) in [6, 6.07) is 14.2. The Morgan fingerprint density at radius 1 is 1.11 bits per heavy atom. The maximum absolute atomic E-state index is 9.95. The van der Waals surface area contributed by atoms with Gasteiger partial charge in [-0.15, -0.1) is 0 Å². The van der Waals surface area contributed by atoms with Gasteiger partial charge in [-0.1, -0.05) is 35.5 Å². The first-order chi connectivity index (χ1) is 9.11. The molecule has 2 rings (SSSR count). The maximum atomic E-state index is 9.95. The van der Waals surface area contributed by atoms with E-state index in [1.807, 2.05) is 18.2 Å². The van der Waals surface area contributed by atoms with Crippen LogP contribution in [0.25, 0.3) is 0 Å². The van der Waals surface area contributed by atoms with Crippen molar-refractivity contribution in [2.24, 2.45) is 0 Å². The number of rotatable bonds is 4. The summed E-state index contributed by atoms with van der Waals surface area (Å²) < 4.78 is 5.33. The molecule has 0 aromatic heterocycles. The van der Waals surface area contributed by atoms with Crippen molar-refractivity contribution in [3.63, 3.8) is 0 Å². The second kappa shape index (κ2) is 6.13. The van der Waals surface area contributed by atoms with Crippen LogP contribution >= 0.6 is 11.8 Å². The first-order valence-electron chi connectivity index (χ1n) is 6.21. The van der Waals surface area contributed by atoms with Crippen LogP contribution in [0.15, 0.2) is 52.3 Å². The zero-order valence-corrected chi connectivity index (χ0v) is 12.2. The first kappa shape index (κ1) is 14.0. The third kappa shape index (κ3) is 3.31. The van der Waals surface area contributed by atoms with Crippen molar-refractivity contribution in [2.75, 3.05) is 7.11 Å². The lowest BCUT2D eigenvalue weighted by Gasteiger charge is -2.15. The van der Waals surface area contributed by atoms with E-state index < -0.39 is 6.10 Å². The number of methoxy groups -OCH3 is 1. The van der Waals surface area contributed by atoms with Crippen molar-refractivity contribution in [2.45, 2.75) is 29.7 Å². The largest absolute Gasteiger partial charge is 0.496 e. The van der Waals surface area contributed by atoms with E-state index in [1.165, 1.54) is 5.56 Å². The third-order valence-corrected chi connectivity index (χ3v) is 4.00. The molecule has 0 aliphatic carbocycles. The lowest BCUT2D eigenvalue weighted by molar-refractivity contribution is 0.191. The van der Waals surface area contributed by atoms with E-state index in [9.17, 15) is 5.11 Å². The van der Waals surface area contributed by atoms with Crippen LogP contribution in [0.3, 0.4) is 0 Å². The molecule has 3 heteroatoms. The Bertz CT molecular complexity index is 547. The van der Waals surface area contributed by atoms with Gasteiger partial charge in [0.05, 0.1) is 13.2 Å².